The van der Waals surface area contributed by atoms with E-state index in [-0.39, 0.29) is 5.91 Å². The lowest BCUT2D eigenvalue weighted by molar-refractivity contribution is -0.121. The molecular weight excluding hydrogens is 340 g/mol. The Bertz CT molecular complexity index is 893. The van der Waals surface area contributed by atoms with Gasteiger partial charge in [-0.1, -0.05) is 24.3 Å². The molecule has 1 N–H and O–H groups in total. The molecular formula is C21H22N4O2. The highest BCUT2D eigenvalue weighted by atomic mass is 16.5. The molecule has 6 nitrogen and oxygen atoms in total. The number of amides is 1. The summed E-state index contributed by atoms with van der Waals surface area (Å²) < 4.78 is 6.05. The van der Waals surface area contributed by atoms with Gasteiger partial charge in [0.25, 0.3) is 0 Å². The van der Waals surface area contributed by atoms with Crippen LogP contribution in [0, 0.1) is 13.8 Å². The van der Waals surface area contributed by atoms with Gasteiger partial charge in [0, 0.05) is 43.3 Å². The maximum absolute atomic E-state index is 12.1. The van der Waals surface area contributed by atoms with Crippen molar-refractivity contribution >= 4 is 5.91 Å². The lowest BCUT2D eigenvalue weighted by Gasteiger charge is -2.14. The Morgan fingerprint density at radius 1 is 1.04 bits per heavy atom. The zero-order valence-corrected chi connectivity index (χ0v) is 15.5. The van der Waals surface area contributed by atoms with Gasteiger partial charge >= 0.3 is 0 Å². The maximum Gasteiger partial charge on any atom is 0.224 e. The number of hydrogen-bond donors (Lipinski definition) is 1. The number of carbonyl (C=O) groups is 1. The second-order valence-corrected chi connectivity index (χ2v) is 6.26. The third-order valence-corrected chi connectivity index (χ3v) is 4.16. The van der Waals surface area contributed by atoms with E-state index < -0.39 is 0 Å². The minimum Gasteiger partial charge on any atom is -0.438 e. The number of pyridine rings is 1. The molecule has 3 rings (SSSR count). The van der Waals surface area contributed by atoms with Crippen LogP contribution in [0.5, 0.6) is 11.6 Å². The predicted octanol–water partition coefficient (Wildman–Crippen LogP) is 3.53. The van der Waals surface area contributed by atoms with Crippen LogP contribution in [0.25, 0.3) is 0 Å². The molecule has 0 aliphatic rings. The summed E-state index contributed by atoms with van der Waals surface area (Å²) in [6.07, 6.45) is 7.50. The Morgan fingerprint density at radius 3 is 2.59 bits per heavy atom. The highest BCUT2D eigenvalue weighted by Gasteiger charge is 2.11. The maximum atomic E-state index is 12.1. The summed E-state index contributed by atoms with van der Waals surface area (Å²) in [4.78, 5) is 24.7. The first-order chi connectivity index (χ1) is 13.1. The third-order valence-electron chi connectivity index (χ3n) is 4.16. The van der Waals surface area contributed by atoms with Crippen molar-refractivity contribution in [1.82, 2.24) is 20.3 Å². The zero-order valence-electron chi connectivity index (χ0n) is 15.5. The van der Waals surface area contributed by atoms with Crippen LogP contribution in [0.2, 0.25) is 0 Å². The number of rotatable bonds is 7. The van der Waals surface area contributed by atoms with Crippen molar-refractivity contribution in [3.63, 3.8) is 0 Å². The molecule has 0 aliphatic carbocycles. The fourth-order valence-corrected chi connectivity index (χ4v) is 2.69. The van der Waals surface area contributed by atoms with Crippen LogP contribution in [0.15, 0.2) is 55.1 Å². The summed E-state index contributed by atoms with van der Waals surface area (Å²) in [7, 11) is 0. The summed E-state index contributed by atoms with van der Waals surface area (Å²) in [6.45, 7) is 4.35. The minimum absolute atomic E-state index is 0.0532. The van der Waals surface area contributed by atoms with Gasteiger partial charge in [0.05, 0.1) is 5.69 Å². The normalized spacial score (nSPS) is 10.4. The van der Waals surface area contributed by atoms with E-state index in [1.807, 2.05) is 44.2 Å². The first kappa shape index (κ1) is 18.5. The van der Waals surface area contributed by atoms with E-state index in [0.29, 0.717) is 25.3 Å². The summed E-state index contributed by atoms with van der Waals surface area (Å²) in [5, 5.41) is 2.92. The van der Waals surface area contributed by atoms with Gasteiger partial charge < -0.3 is 10.1 Å². The van der Waals surface area contributed by atoms with Crippen molar-refractivity contribution in [3.8, 4) is 11.6 Å². The fourth-order valence-electron chi connectivity index (χ4n) is 2.69. The number of aryl methyl sites for hydroxylation is 3. The van der Waals surface area contributed by atoms with Gasteiger partial charge in [-0.25, -0.2) is 4.98 Å². The molecule has 0 radical (unpaired) electrons. The zero-order chi connectivity index (χ0) is 19.1. The number of aromatic nitrogens is 3. The lowest BCUT2D eigenvalue weighted by Crippen LogP contribution is -2.23. The Hall–Kier alpha value is -3.28. The molecule has 0 unspecified atom stereocenters. The number of benzene rings is 1. The molecule has 6 heteroatoms. The number of carbonyl (C=O) groups excluding carboxylic acids is 1. The summed E-state index contributed by atoms with van der Waals surface area (Å²) in [6, 6.07) is 9.73. The van der Waals surface area contributed by atoms with E-state index in [9.17, 15) is 4.79 Å². The van der Waals surface area contributed by atoms with Gasteiger partial charge in [-0.3, -0.25) is 14.8 Å². The van der Waals surface area contributed by atoms with Crippen molar-refractivity contribution in [2.75, 3.05) is 0 Å². The molecule has 0 bridgehead atoms. The van der Waals surface area contributed by atoms with E-state index in [2.05, 4.69) is 20.3 Å². The summed E-state index contributed by atoms with van der Waals surface area (Å²) in [5.74, 6) is 1.25. The topological polar surface area (TPSA) is 77.0 Å². The number of nitrogens with one attached hydrogen (secondary N) is 1. The van der Waals surface area contributed by atoms with Gasteiger partial charge in [-0.05, 0) is 37.5 Å². The number of hydrogen-bond acceptors (Lipinski definition) is 5. The van der Waals surface area contributed by atoms with Crippen LogP contribution in [-0.2, 0) is 17.8 Å². The Morgan fingerprint density at radius 2 is 1.85 bits per heavy atom. The van der Waals surface area contributed by atoms with Crippen molar-refractivity contribution in [1.29, 1.82) is 0 Å². The molecule has 0 spiro atoms. The van der Waals surface area contributed by atoms with Crippen molar-refractivity contribution in [2.45, 2.75) is 33.2 Å². The fraction of sp³-hybridized carbons (Fsp3) is 0.238. The van der Waals surface area contributed by atoms with Gasteiger partial charge in [-0.2, -0.15) is 0 Å². The average Bonchev–Trinajstić information content (AvgIpc) is 2.69. The molecule has 138 valence electrons. The summed E-state index contributed by atoms with van der Waals surface area (Å²) in [5.41, 5.74) is 3.71. The average molecular weight is 362 g/mol. The largest absolute Gasteiger partial charge is 0.438 e. The number of para-hydroxylation sites is 1. The lowest BCUT2D eigenvalue weighted by atomic mass is 10.1. The van der Waals surface area contributed by atoms with Crippen LogP contribution < -0.4 is 10.1 Å². The quantitative estimate of drug-likeness (QED) is 0.696. The molecule has 0 atom stereocenters. The van der Waals surface area contributed by atoms with E-state index in [1.54, 1.807) is 24.8 Å². The first-order valence-corrected chi connectivity index (χ1v) is 8.83. The van der Waals surface area contributed by atoms with Crippen LogP contribution in [0.3, 0.4) is 0 Å². The van der Waals surface area contributed by atoms with E-state index in [0.717, 1.165) is 28.1 Å². The second-order valence-electron chi connectivity index (χ2n) is 6.26. The monoisotopic (exact) mass is 362 g/mol. The molecule has 0 saturated carbocycles. The SMILES string of the molecule is Cc1cccc(C)c1Oc1ncccc1CNC(=O)CCc1cnccn1. The second kappa shape index (κ2) is 8.89. The van der Waals surface area contributed by atoms with Gasteiger partial charge in [0.2, 0.25) is 11.8 Å². The molecule has 2 aromatic heterocycles. The molecule has 1 amide bonds. The number of ether oxygens (including phenoxy) is 1. The standard InChI is InChI=1S/C21H22N4O2/c1-15-5-3-6-16(2)20(15)27-21-17(7-4-10-24-21)13-25-19(26)9-8-18-14-22-11-12-23-18/h3-7,10-12,14H,8-9,13H2,1-2H3,(H,25,26). The van der Waals surface area contributed by atoms with Gasteiger partial charge in [0.1, 0.15) is 5.75 Å². The van der Waals surface area contributed by atoms with Crippen molar-refractivity contribution in [3.05, 3.63) is 77.5 Å². The molecule has 0 aliphatic heterocycles. The Balaban J connectivity index is 1.61. The molecule has 0 fully saturated rings. The first-order valence-electron chi connectivity index (χ1n) is 8.83. The van der Waals surface area contributed by atoms with E-state index in [4.69, 9.17) is 4.74 Å². The molecule has 3 aromatic rings. The Labute approximate surface area is 158 Å². The molecule has 1 aromatic carbocycles. The van der Waals surface area contributed by atoms with Gasteiger partial charge in [-0.15, -0.1) is 0 Å². The highest BCUT2D eigenvalue weighted by Crippen LogP contribution is 2.29. The van der Waals surface area contributed by atoms with Crippen molar-refractivity contribution < 1.29 is 9.53 Å². The van der Waals surface area contributed by atoms with Gasteiger partial charge in [0.15, 0.2) is 0 Å². The van der Waals surface area contributed by atoms with Crippen LogP contribution in [-0.4, -0.2) is 20.9 Å². The third kappa shape index (κ3) is 5.10. The summed E-state index contributed by atoms with van der Waals surface area (Å²) >= 11 is 0. The molecule has 27 heavy (non-hydrogen) atoms. The van der Waals surface area contributed by atoms with E-state index >= 15 is 0 Å². The van der Waals surface area contributed by atoms with Crippen LogP contribution in [0.1, 0.15) is 28.8 Å². The Kier molecular flexibility index (Phi) is 6.10. The van der Waals surface area contributed by atoms with Crippen LogP contribution in [0.4, 0.5) is 0 Å². The smallest absolute Gasteiger partial charge is 0.224 e. The van der Waals surface area contributed by atoms with Crippen LogP contribution >= 0.6 is 0 Å². The number of nitrogens with zero attached hydrogens (tertiary/aromatic N) is 3. The molecule has 0 saturated heterocycles. The van der Waals surface area contributed by atoms with E-state index in [1.165, 1.54) is 0 Å². The van der Waals surface area contributed by atoms with Crippen molar-refractivity contribution in [2.24, 2.45) is 0 Å². The predicted molar refractivity (Wildman–Crippen MR) is 102 cm³/mol. The minimum atomic E-state index is -0.0532. The highest BCUT2D eigenvalue weighted by molar-refractivity contribution is 5.76. The molecule has 2 heterocycles.